The summed E-state index contributed by atoms with van der Waals surface area (Å²) in [5.74, 6) is -0.609. The van der Waals surface area contributed by atoms with Crippen molar-refractivity contribution in [3.05, 3.63) is 125 Å². The zero-order valence-corrected chi connectivity index (χ0v) is 27.9. The largest absolute Gasteiger partial charge is 0.492 e. The fourth-order valence-electron chi connectivity index (χ4n) is 4.98. The van der Waals surface area contributed by atoms with Crippen LogP contribution in [0.25, 0.3) is 0 Å². The number of amides is 2. The number of carbonyl (C=O) groups excluding carboxylic acids is 2. The molecule has 4 aromatic carbocycles. The van der Waals surface area contributed by atoms with E-state index in [1.165, 1.54) is 17.0 Å². The monoisotopic (exact) mass is 661 g/mol. The molecular weight excluding hydrogens is 622 g/mol. The Kier molecular flexibility index (Phi) is 12.2. The lowest BCUT2D eigenvalue weighted by atomic mass is 10.0. The first kappa shape index (κ1) is 34.5. The van der Waals surface area contributed by atoms with Crippen molar-refractivity contribution in [2.45, 2.75) is 57.1 Å². The van der Waals surface area contributed by atoms with Crippen molar-refractivity contribution in [2.75, 3.05) is 17.5 Å². The van der Waals surface area contributed by atoms with Crippen LogP contribution in [0, 0.1) is 0 Å². The summed E-state index contributed by atoms with van der Waals surface area (Å²) < 4.78 is 35.3. The first-order valence-corrected chi connectivity index (χ1v) is 17.1. The predicted molar refractivity (Wildman–Crippen MR) is 182 cm³/mol. The topological polar surface area (TPSA) is 96.0 Å². The lowest BCUT2D eigenvalue weighted by Gasteiger charge is -2.34. The van der Waals surface area contributed by atoms with Gasteiger partial charge in [-0.1, -0.05) is 97.4 Å². The Labute approximate surface area is 277 Å². The number of para-hydroxylation sites is 2. The molecule has 8 nitrogen and oxygen atoms in total. The van der Waals surface area contributed by atoms with Crippen LogP contribution in [0.1, 0.15) is 38.3 Å². The number of nitrogens with zero attached hydrogens (tertiary/aromatic N) is 2. The normalized spacial score (nSPS) is 12.5. The van der Waals surface area contributed by atoms with Gasteiger partial charge in [-0.15, -0.1) is 0 Å². The highest BCUT2D eigenvalue weighted by atomic mass is 35.5. The maximum atomic E-state index is 14.6. The molecule has 4 rings (SSSR count). The molecule has 0 aliphatic heterocycles. The number of hydrogen-bond donors (Lipinski definition) is 1. The lowest BCUT2D eigenvalue weighted by Crippen LogP contribution is -2.54. The van der Waals surface area contributed by atoms with Gasteiger partial charge >= 0.3 is 0 Å². The molecule has 46 heavy (non-hydrogen) atoms. The van der Waals surface area contributed by atoms with E-state index in [1.54, 1.807) is 73.7 Å². The number of ether oxygens (including phenoxy) is 1. The van der Waals surface area contributed by atoms with E-state index in [1.807, 2.05) is 44.2 Å². The zero-order chi connectivity index (χ0) is 33.1. The highest BCUT2D eigenvalue weighted by molar-refractivity contribution is 7.92. The minimum Gasteiger partial charge on any atom is -0.492 e. The van der Waals surface area contributed by atoms with E-state index in [0.717, 1.165) is 9.87 Å². The van der Waals surface area contributed by atoms with E-state index in [4.69, 9.17) is 16.3 Å². The third kappa shape index (κ3) is 8.68. The van der Waals surface area contributed by atoms with Crippen LogP contribution >= 0.6 is 11.6 Å². The molecule has 0 fully saturated rings. The van der Waals surface area contributed by atoms with Crippen LogP contribution in [0.15, 0.2) is 114 Å². The second-order valence-corrected chi connectivity index (χ2v) is 13.1. The van der Waals surface area contributed by atoms with Gasteiger partial charge in [-0.05, 0) is 61.7 Å². The Morgan fingerprint density at radius 3 is 2.11 bits per heavy atom. The number of anilines is 1. The van der Waals surface area contributed by atoms with Crippen molar-refractivity contribution < 1.29 is 22.7 Å². The number of halogens is 1. The minimum absolute atomic E-state index is 0.0158. The molecule has 0 radical (unpaired) electrons. The molecule has 2 atom stereocenters. The highest BCUT2D eigenvalue weighted by Crippen LogP contribution is 2.33. The van der Waals surface area contributed by atoms with E-state index in [0.29, 0.717) is 22.8 Å². The quantitative estimate of drug-likeness (QED) is 0.157. The molecular formula is C36H40ClN3O5S. The Hall–Kier alpha value is -4.34. The fourth-order valence-corrected chi connectivity index (χ4v) is 6.62. The van der Waals surface area contributed by atoms with Crippen LogP contribution in [0.4, 0.5) is 5.69 Å². The Bertz CT molecular complexity index is 1700. The predicted octanol–water partition coefficient (Wildman–Crippen LogP) is 6.49. The zero-order valence-electron chi connectivity index (χ0n) is 26.3. The van der Waals surface area contributed by atoms with E-state index < -0.39 is 28.5 Å². The van der Waals surface area contributed by atoms with E-state index in [-0.39, 0.29) is 42.1 Å². The molecule has 0 spiro atoms. The van der Waals surface area contributed by atoms with Crippen molar-refractivity contribution in [3.63, 3.8) is 0 Å². The van der Waals surface area contributed by atoms with Gasteiger partial charge in [0.1, 0.15) is 18.3 Å². The number of benzene rings is 4. The first-order chi connectivity index (χ1) is 22.1. The smallest absolute Gasteiger partial charge is 0.264 e. The summed E-state index contributed by atoms with van der Waals surface area (Å²) in [5.41, 5.74) is 1.68. The molecule has 10 heteroatoms. The fraction of sp³-hybridized carbons (Fsp3) is 0.278. The average molecular weight is 662 g/mol. The van der Waals surface area contributed by atoms with Crippen LogP contribution in [0.2, 0.25) is 5.02 Å². The summed E-state index contributed by atoms with van der Waals surface area (Å²) in [6, 6.07) is 30.0. The summed E-state index contributed by atoms with van der Waals surface area (Å²) in [7, 11) is -4.25. The van der Waals surface area contributed by atoms with Crippen LogP contribution in [0.5, 0.6) is 5.75 Å². The van der Waals surface area contributed by atoms with Crippen molar-refractivity contribution >= 4 is 39.1 Å². The van der Waals surface area contributed by atoms with E-state index in [2.05, 4.69) is 5.32 Å². The molecule has 0 bridgehead atoms. The van der Waals surface area contributed by atoms with Gasteiger partial charge in [0.05, 0.1) is 17.2 Å². The lowest BCUT2D eigenvalue weighted by molar-refractivity contribution is -0.140. The van der Waals surface area contributed by atoms with Crippen molar-refractivity contribution in [3.8, 4) is 5.75 Å². The number of nitrogens with one attached hydrogen (secondary N) is 1. The molecule has 0 heterocycles. The summed E-state index contributed by atoms with van der Waals surface area (Å²) in [4.78, 5) is 30.0. The summed E-state index contributed by atoms with van der Waals surface area (Å²) >= 11 is 6.57. The van der Waals surface area contributed by atoms with Gasteiger partial charge in [-0.2, -0.15) is 0 Å². The molecule has 242 valence electrons. The Morgan fingerprint density at radius 1 is 0.848 bits per heavy atom. The first-order valence-electron chi connectivity index (χ1n) is 15.3. The van der Waals surface area contributed by atoms with Crippen molar-refractivity contribution in [1.82, 2.24) is 10.2 Å². The second-order valence-electron chi connectivity index (χ2n) is 10.9. The van der Waals surface area contributed by atoms with Gasteiger partial charge < -0.3 is 15.0 Å². The molecule has 0 aliphatic rings. The SMILES string of the molecule is CCOc1ccccc1N(CC(=O)N(Cc1ccccc1Cl)C(Cc1ccccc1)C(=O)NC(C)CC)S(=O)(=O)c1ccccc1. The molecule has 0 aliphatic carbocycles. The Morgan fingerprint density at radius 2 is 1.46 bits per heavy atom. The number of rotatable bonds is 15. The van der Waals surface area contributed by atoms with Gasteiger partial charge in [0.25, 0.3) is 10.0 Å². The molecule has 0 saturated carbocycles. The summed E-state index contributed by atoms with van der Waals surface area (Å²) in [5, 5.41) is 3.46. The van der Waals surface area contributed by atoms with Crippen LogP contribution in [-0.2, 0) is 32.6 Å². The maximum absolute atomic E-state index is 14.6. The molecule has 4 aromatic rings. The van der Waals surface area contributed by atoms with E-state index >= 15 is 0 Å². The van der Waals surface area contributed by atoms with Crippen LogP contribution in [0.3, 0.4) is 0 Å². The van der Waals surface area contributed by atoms with Crippen molar-refractivity contribution in [1.29, 1.82) is 0 Å². The van der Waals surface area contributed by atoms with Crippen molar-refractivity contribution in [2.24, 2.45) is 0 Å². The van der Waals surface area contributed by atoms with Gasteiger partial charge in [0, 0.05) is 24.0 Å². The van der Waals surface area contributed by atoms with Gasteiger partial charge in [-0.3, -0.25) is 13.9 Å². The van der Waals surface area contributed by atoms with Gasteiger partial charge in [0.15, 0.2) is 0 Å². The number of sulfonamides is 1. The molecule has 0 aromatic heterocycles. The summed E-state index contributed by atoms with van der Waals surface area (Å²) in [6.07, 6.45) is 0.903. The third-order valence-corrected chi connectivity index (χ3v) is 9.76. The number of carbonyl (C=O) groups is 2. The maximum Gasteiger partial charge on any atom is 0.264 e. The standard InChI is InChI=1S/C36H40ClN3O5S/c1-4-27(3)38-36(42)33(24-28-16-8-6-9-17-28)39(25-29-18-12-13-21-31(29)37)35(41)26-40(32-22-14-15-23-34(32)45-5-2)46(43,44)30-19-10-7-11-20-30/h6-23,27,33H,4-5,24-26H2,1-3H3,(H,38,42). The average Bonchev–Trinajstić information content (AvgIpc) is 3.07. The minimum atomic E-state index is -4.25. The Balaban J connectivity index is 1.84. The van der Waals surface area contributed by atoms with Gasteiger partial charge in [-0.25, -0.2) is 8.42 Å². The number of hydrogen-bond acceptors (Lipinski definition) is 5. The molecule has 2 unspecified atom stereocenters. The van der Waals surface area contributed by atoms with Gasteiger partial charge in [0.2, 0.25) is 11.8 Å². The van der Waals surface area contributed by atoms with E-state index in [9.17, 15) is 18.0 Å². The second kappa shape index (κ2) is 16.3. The van der Waals surface area contributed by atoms with Crippen LogP contribution in [-0.4, -0.2) is 50.4 Å². The molecule has 0 saturated heterocycles. The molecule has 2 amide bonds. The molecule has 1 N–H and O–H groups in total. The summed E-state index contributed by atoms with van der Waals surface area (Å²) in [6.45, 7) is 5.34. The highest BCUT2D eigenvalue weighted by Gasteiger charge is 2.36. The van der Waals surface area contributed by atoms with Crippen LogP contribution < -0.4 is 14.4 Å². The third-order valence-electron chi connectivity index (χ3n) is 7.61.